The van der Waals surface area contributed by atoms with Gasteiger partial charge < -0.3 is 15.7 Å². The minimum absolute atomic E-state index is 0.00160. The molecule has 0 aliphatic carbocycles. The SMILES string of the molecule is Cc1cc(Cl)ccc1Oc1ccc(/C(N)=N/O)cn1. The van der Waals surface area contributed by atoms with E-state index in [2.05, 4.69) is 10.1 Å². The summed E-state index contributed by atoms with van der Waals surface area (Å²) < 4.78 is 5.62. The standard InChI is InChI=1S/C13H12ClN3O2/c1-8-6-10(14)3-4-11(8)19-12-5-2-9(7-16-12)13(15)17-18/h2-7,18H,1H3,(H2,15,17). The first-order valence-corrected chi connectivity index (χ1v) is 5.86. The van der Waals surface area contributed by atoms with Crippen molar-refractivity contribution in [3.63, 3.8) is 0 Å². The van der Waals surface area contributed by atoms with E-state index in [1.165, 1.54) is 6.20 Å². The van der Waals surface area contributed by atoms with Crippen molar-refractivity contribution in [3.05, 3.63) is 52.7 Å². The fourth-order valence-corrected chi connectivity index (χ4v) is 1.72. The van der Waals surface area contributed by atoms with Crippen LogP contribution in [0.25, 0.3) is 0 Å². The molecular weight excluding hydrogens is 266 g/mol. The summed E-state index contributed by atoms with van der Waals surface area (Å²) in [7, 11) is 0. The molecule has 0 fully saturated rings. The van der Waals surface area contributed by atoms with Gasteiger partial charge in [0.15, 0.2) is 5.84 Å². The van der Waals surface area contributed by atoms with Gasteiger partial charge in [-0.2, -0.15) is 0 Å². The zero-order valence-electron chi connectivity index (χ0n) is 10.2. The molecule has 98 valence electrons. The van der Waals surface area contributed by atoms with Crippen molar-refractivity contribution in [2.45, 2.75) is 6.92 Å². The highest BCUT2D eigenvalue weighted by Crippen LogP contribution is 2.26. The van der Waals surface area contributed by atoms with Crippen molar-refractivity contribution in [1.29, 1.82) is 0 Å². The van der Waals surface area contributed by atoms with E-state index in [4.69, 9.17) is 27.3 Å². The van der Waals surface area contributed by atoms with Crippen LogP contribution in [0.3, 0.4) is 0 Å². The molecule has 1 heterocycles. The predicted molar refractivity (Wildman–Crippen MR) is 73.0 cm³/mol. The first-order valence-electron chi connectivity index (χ1n) is 5.48. The number of pyridine rings is 1. The molecule has 0 amide bonds. The molecule has 0 unspecified atom stereocenters. The third kappa shape index (κ3) is 3.14. The van der Waals surface area contributed by atoms with E-state index in [0.29, 0.717) is 22.2 Å². The van der Waals surface area contributed by atoms with Crippen molar-refractivity contribution < 1.29 is 9.94 Å². The van der Waals surface area contributed by atoms with Gasteiger partial charge in [-0.25, -0.2) is 4.98 Å². The van der Waals surface area contributed by atoms with Gasteiger partial charge >= 0.3 is 0 Å². The van der Waals surface area contributed by atoms with Gasteiger partial charge in [-0.3, -0.25) is 0 Å². The lowest BCUT2D eigenvalue weighted by atomic mass is 10.2. The highest BCUT2D eigenvalue weighted by Gasteiger charge is 2.05. The number of rotatable bonds is 3. The van der Waals surface area contributed by atoms with Crippen LogP contribution in [0.1, 0.15) is 11.1 Å². The molecule has 0 aliphatic rings. The summed E-state index contributed by atoms with van der Waals surface area (Å²) in [6.45, 7) is 1.89. The smallest absolute Gasteiger partial charge is 0.219 e. The summed E-state index contributed by atoms with van der Waals surface area (Å²) in [5.41, 5.74) is 6.87. The summed E-state index contributed by atoms with van der Waals surface area (Å²) in [6, 6.07) is 8.62. The summed E-state index contributed by atoms with van der Waals surface area (Å²) in [6.07, 6.45) is 1.47. The minimum Gasteiger partial charge on any atom is -0.439 e. The molecule has 1 aromatic heterocycles. The van der Waals surface area contributed by atoms with Crippen LogP contribution in [-0.4, -0.2) is 16.0 Å². The third-order valence-corrected chi connectivity index (χ3v) is 2.73. The van der Waals surface area contributed by atoms with Crippen molar-refractivity contribution in [1.82, 2.24) is 4.98 Å². The number of halogens is 1. The molecular formula is C13H12ClN3O2. The van der Waals surface area contributed by atoms with Crippen LogP contribution in [0, 0.1) is 6.92 Å². The monoisotopic (exact) mass is 277 g/mol. The van der Waals surface area contributed by atoms with E-state index in [-0.39, 0.29) is 5.84 Å². The molecule has 19 heavy (non-hydrogen) atoms. The van der Waals surface area contributed by atoms with Crippen LogP contribution in [-0.2, 0) is 0 Å². The molecule has 0 saturated heterocycles. The Morgan fingerprint density at radius 2 is 2.16 bits per heavy atom. The number of hydrogen-bond donors (Lipinski definition) is 2. The summed E-state index contributed by atoms with van der Waals surface area (Å²) in [4.78, 5) is 4.08. The van der Waals surface area contributed by atoms with Gasteiger partial charge in [0.25, 0.3) is 0 Å². The van der Waals surface area contributed by atoms with E-state index in [0.717, 1.165) is 5.56 Å². The Bertz CT molecular complexity index is 612. The molecule has 2 aromatic rings. The maximum Gasteiger partial charge on any atom is 0.219 e. The molecule has 6 heteroatoms. The number of aromatic nitrogens is 1. The molecule has 0 radical (unpaired) electrons. The lowest BCUT2D eigenvalue weighted by molar-refractivity contribution is 0.318. The quantitative estimate of drug-likeness (QED) is 0.391. The maximum atomic E-state index is 8.55. The van der Waals surface area contributed by atoms with E-state index in [1.54, 1.807) is 24.3 Å². The van der Waals surface area contributed by atoms with Gasteiger partial charge in [-0.15, -0.1) is 0 Å². The normalized spacial score (nSPS) is 11.4. The molecule has 2 rings (SSSR count). The van der Waals surface area contributed by atoms with Gasteiger partial charge in [0.1, 0.15) is 5.75 Å². The second kappa shape index (κ2) is 5.58. The topological polar surface area (TPSA) is 80.7 Å². The molecule has 0 aliphatic heterocycles. The first-order chi connectivity index (χ1) is 9.10. The number of nitrogens with two attached hydrogens (primary N) is 1. The molecule has 1 aromatic carbocycles. The number of ether oxygens (including phenoxy) is 1. The summed E-state index contributed by atoms with van der Waals surface area (Å²) in [5, 5.41) is 12.1. The Morgan fingerprint density at radius 3 is 2.74 bits per heavy atom. The fourth-order valence-electron chi connectivity index (χ4n) is 1.49. The van der Waals surface area contributed by atoms with Crippen LogP contribution in [0.2, 0.25) is 5.02 Å². The summed E-state index contributed by atoms with van der Waals surface area (Å²) in [5.74, 6) is 1.09. The Balaban J connectivity index is 2.20. The predicted octanol–water partition coefficient (Wildman–Crippen LogP) is 2.93. The summed E-state index contributed by atoms with van der Waals surface area (Å²) >= 11 is 5.87. The average Bonchev–Trinajstić information content (AvgIpc) is 2.42. The zero-order valence-corrected chi connectivity index (χ0v) is 10.9. The number of benzene rings is 1. The number of aryl methyl sites for hydroxylation is 1. The van der Waals surface area contributed by atoms with Gasteiger partial charge in [-0.05, 0) is 36.8 Å². The molecule has 0 spiro atoms. The molecule has 5 nitrogen and oxygen atoms in total. The lowest BCUT2D eigenvalue weighted by Crippen LogP contribution is -2.13. The minimum atomic E-state index is 0.00160. The fraction of sp³-hybridized carbons (Fsp3) is 0.0769. The van der Waals surface area contributed by atoms with Crippen LogP contribution in [0.5, 0.6) is 11.6 Å². The number of oxime groups is 1. The number of amidine groups is 1. The molecule has 0 bridgehead atoms. The van der Waals surface area contributed by atoms with Gasteiger partial charge in [0.05, 0.1) is 0 Å². The van der Waals surface area contributed by atoms with Crippen LogP contribution in [0.15, 0.2) is 41.7 Å². The Labute approximate surface area is 115 Å². The highest BCUT2D eigenvalue weighted by molar-refractivity contribution is 6.30. The van der Waals surface area contributed by atoms with Gasteiger partial charge in [0, 0.05) is 22.8 Å². The van der Waals surface area contributed by atoms with E-state index >= 15 is 0 Å². The van der Waals surface area contributed by atoms with E-state index in [9.17, 15) is 0 Å². The number of hydrogen-bond acceptors (Lipinski definition) is 4. The van der Waals surface area contributed by atoms with Crippen molar-refractivity contribution in [2.24, 2.45) is 10.9 Å². The second-order valence-electron chi connectivity index (χ2n) is 3.88. The second-order valence-corrected chi connectivity index (χ2v) is 4.32. The number of nitrogens with zero attached hydrogens (tertiary/aromatic N) is 2. The van der Waals surface area contributed by atoms with Crippen molar-refractivity contribution in [3.8, 4) is 11.6 Å². The largest absolute Gasteiger partial charge is 0.439 e. The van der Waals surface area contributed by atoms with Crippen LogP contribution >= 0.6 is 11.6 Å². The Kier molecular flexibility index (Phi) is 3.87. The Morgan fingerprint density at radius 1 is 1.37 bits per heavy atom. The zero-order chi connectivity index (χ0) is 13.8. The van der Waals surface area contributed by atoms with Gasteiger partial charge in [0.2, 0.25) is 5.88 Å². The van der Waals surface area contributed by atoms with Crippen LogP contribution in [0.4, 0.5) is 0 Å². The molecule has 0 atom stereocenters. The van der Waals surface area contributed by atoms with Gasteiger partial charge in [-0.1, -0.05) is 16.8 Å². The maximum absolute atomic E-state index is 8.55. The third-order valence-electron chi connectivity index (χ3n) is 2.49. The molecule has 0 saturated carbocycles. The van der Waals surface area contributed by atoms with Crippen molar-refractivity contribution >= 4 is 17.4 Å². The average molecular weight is 278 g/mol. The van der Waals surface area contributed by atoms with Crippen LogP contribution < -0.4 is 10.5 Å². The highest BCUT2D eigenvalue weighted by atomic mass is 35.5. The van der Waals surface area contributed by atoms with Crippen molar-refractivity contribution in [2.75, 3.05) is 0 Å². The molecule has 3 N–H and O–H groups in total. The Hall–Kier alpha value is -2.27. The first kappa shape index (κ1) is 13.2. The van der Waals surface area contributed by atoms with E-state index in [1.807, 2.05) is 13.0 Å². The van der Waals surface area contributed by atoms with E-state index < -0.39 is 0 Å². The lowest BCUT2D eigenvalue weighted by Gasteiger charge is -2.08.